The fourth-order valence-electron chi connectivity index (χ4n) is 2.96. The normalized spacial score (nSPS) is 20.6. The zero-order chi connectivity index (χ0) is 17.0. The Balaban J connectivity index is 2.05. The van der Waals surface area contributed by atoms with Gasteiger partial charge >= 0.3 is 0 Å². The molecule has 2 rings (SSSR count). The van der Waals surface area contributed by atoms with E-state index in [0.717, 1.165) is 26.2 Å². The maximum Gasteiger partial charge on any atom is 0.262 e. The summed E-state index contributed by atoms with van der Waals surface area (Å²) in [6.45, 7) is 11.7. The van der Waals surface area contributed by atoms with Gasteiger partial charge in [-0.05, 0) is 30.8 Å². The average Bonchev–Trinajstić information content (AvgIpc) is 3.05. The van der Waals surface area contributed by atoms with Crippen LogP contribution >= 0.6 is 11.3 Å². The van der Waals surface area contributed by atoms with Crippen molar-refractivity contribution in [1.82, 2.24) is 15.1 Å². The van der Waals surface area contributed by atoms with Crippen molar-refractivity contribution < 1.29 is 9.59 Å². The van der Waals surface area contributed by atoms with Crippen molar-refractivity contribution in [3.05, 3.63) is 22.4 Å². The number of amides is 2. The number of rotatable bonds is 5. The minimum absolute atomic E-state index is 0.0353. The zero-order valence-corrected chi connectivity index (χ0v) is 15.2. The summed E-state index contributed by atoms with van der Waals surface area (Å²) < 4.78 is 0. The molecular formula is C17H27N3O2S. The van der Waals surface area contributed by atoms with Crippen LogP contribution < -0.4 is 5.32 Å². The first-order valence-electron chi connectivity index (χ1n) is 8.31. The molecule has 0 radical (unpaired) electrons. The summed E-state index contributed by atoms with van der Waals surface area (Å²) in [6, 6.07) is 3.33. The molecule has 1 saturated heterocycles. The van der Waals surface area contributed by atoms with Gasteiger partial charge in [-0.2, -0.15) is 0 Å². The third-order valence-corrected chi connectivity index (χ3v) is 5.27. The molecule has 1 fully saturated rings. The summed E-state index contributed by atoms with van der Waals surface area (Å²) in [5.41, 5.74) is 0. The minimum Gasteiger partial charge on any atom is -0.339 e. The van der Waals surface area contributed by atoms with E-state index in [1.165, 1.54) is 11.3 Å². The molecule has 1 aliphatic rings. The Morgan fingerprint density at radius 2 is 2.13 bits per heavy atom. The van der Waals surface area contributed by atoms with Gasteiger partial charge in [0.2, 0.25) is 5.91 Å². The summed E-state index contributed by atoms with van der Waals surface area (Å²) in [6.07, 6.45) is 0. The molecule has 23 heavy (non-hydrogen) atoms. The van der Waals surface area contributed by atoms with Gasteiger partial charge < -0.3 is 10.2 Å². The van der Waals surface area contributed by atoms with Gasteiger partial charge in [-0.25, -0.2) is 0 Å². The van der Waals surface area contributed by atoms with Crippen molar-refractivity contribution >= 4 is 23.2 Å². The lowest BCUT2D eigenvalue weighted by molar-refractivity contribution is -0.138. The van der Waals surface area contributed by atoms with Crippen LogP contribution in [0.1, 0.15) is 37.4 Å². The summed E-state index contributed by atoms with van der Waals surface area (Å²) in [4.78, 5) is 30.2. The number of carbonyl (C=O) groups is 2. The van der Waals surface area contributed by atoms with E-state index in [0.29, 0.717) is 4.88 Å². The number of carbonyl (C=O) groups excluding carboxylic acids is 2. The maximum atomic E-state index is 12.9. The van der Waals surface area contributed by atoms with Crippen molar-refractivity contribution in [2.75, 3.05) is 26.2 Å². The molecule has 6 heteroatoms. The van der Waals surface area contributed by atoms with Crippen molar-refractivity contribution in [3.8, 4) is 0 Å². The van der Waals surface area contributed by atoms with E-state index in [1.807, 2.05) is 30.2 Å². The van der Waals surface area contributed by atoms with Crippen molar-refractivity contribution in [2.45, 2.75) is 39.8 Å². The maximum absolute atomic E-state index is 12.9. The molecule has 128 valence electrons. The quantitative estimate of drug-likeness (QED) is 0.895. The molecule has 1 N–H and O–H groups in total. The minimum atomic E-state index is -0.472. The van der Waals surface area contributed by atoms with Gasteiger partial charge in [0.15, 0.2) is 0 Å². The van der Waals surface area contributed by atoms with Crippen LogP contribution in [0, 0.1) is 5.92 Å². The Morgan fingerprint density at radius 1 is 1.39 bits per heavy atom. The Hall–Kier alpha value is -1.40. The van der Waals surface area contributed by atoms with Gasteiger partial charge in [-0.3, -0.25) is 14.5 Å². The lowest BCUT2D eigenvalue weighted by atomic mass is 10.0. The molecule has 0 spiro atoms. The second kappa shape index (κ2) is 7.93. The SMILES string of the molecule is CCN1CCN(C(=O)[C@H](NC(=O)c2cccs2)C(C)C)[C@@H](C)C1. The summed E-state index contributed by atoms with van der Waals surface area (Å²) >= 11 is 1.39. The fraction of sp³-hybridized carbons (Fsp3) is 0.647. The number of nitrogens with one attached hydrogen (secondary N) is 1. The van der Waals surface area contributed by atoms with Gasteiger partial charge in [0.1, 0.15) is 6.04 Å². The van der Waals surface area contributed by atoms with E-state index < -0.39 is 6.04 Å². The highest BCUT2D eigenvalue weighted by atomic mass is 32.1. The molecule has 0 aliphatic carbocycles. The smallest absolute Gasteiger partial charge is 0.262 e. The number of likely N-dealkylation sites (N-methyl/N-ethyl adjacent to an activating group) is 1. The first-order valence-corrected chi connectivity index (χ1v) is 9.19. The third kappa shape index (κ3) is 4.32. The lowest BCUT2D eigenvalue weighted by Gasteiger charge is -2.41. The monoisotopic (exact) mass is 337 g/mol. The predicted octanol–water partition coefficient (Wildman–Crippen LogP) is 2.06. The third-order valence-electron chi connectivity index (χ3n) is 4.41. The van der Waals surface area contributed by atoms with E-state index >= 15 is 0 Å². The van der Waals surface area contributed by atoms with Crippen LogP contribution in [0.2, 0.25) is 0 Å². The number of thiophene rings is 1. The summed E-state index contributed by atoms with van der Waals surface area (Å²) in [5, 5.41) is 4.80. The highest BCUT2D eigenvalue weighted by Crippen LogP contribution is 2.16. The number of hydrogen-bond donors (Lipinski definition) is 1. The van der Waals surface area contributed by atoms with Crippen LogP contribution in [-0.4, -0.2) is 59.9 Å². The highest BCUT2D eigenvalue weighted by molar-refractivity contribution is 7.12. The molecule has 0 unspecified atom stereocenters. The topological polar surface area (TPSA) is 52.6 Å². The zero-order valence-electron chi connectivity index (χ0n) is 14.4. The molecule has 1 aromatic heterocycles. The van der Waals surface area contributed by atoms with Gasteiger partial charge in [0, 0.05) is 25.7 Å². The molecule has 2 atom stereocenters. The molecule has 5 nitrogen and oxygen atoms in total. The molecular weight excluding hydrogens is 310 g/mol. The van der Waals surface area contributed by atoms with Crippen molar-refractivity contribution in [1.29, 1.82) is 0 Å². The van der Waals surface area contributed by atoms with Gasteiger partial charge in [-0.15, -0.1) is 11.3 Å². The molecule has 2 heterocycles. The predicted molar refractivity (Wildman–Crippen MR) is 93.7 cm³/mol. The first-order chi connectivity index (χ1) is 10.9. The van der Waals surface area contributed by atoms with Crippen molar-refractivity contribution in [3.63, 3.8) is 0 Å². The first kappa shape index (κ1) is 17.9. The van der Waals surface area contributed by atoms with E-state index in [-0.39, 0.29) is 23.8 Å². The molecule has 0 bridgehead atoms. The van der Waals surface area contributed by atoms with E-state index in [4.69, 9.17) is 0 Å². The Kier molecular flexibility index (Phi) is 6.18. The second-order valence-electron chi connectivity index (χ2n) is 6.45. The van der Waals surface area contributed by atoms with Crippen LogP contribution in [0.3, 0.4) is 0 Å². The standard InChI is InChI=1S/C17H27N3O2S/c1-5-19-8-9-20(13(4)11-19)17(22)15(12(2)3)18-16(21)14-7-6-10-23-14/h6-7,10,12-13,15H,5,8-9,11H2,1-4H3,(H,18,21)/t13-,15+/m0/s1. The van der Waals surface area contributed by atoms with Gasteiger partial charge in [-0.1, -0.05) is 26.8 Å². The molecule has 0 saturated carbocycles. The Labute approximate surface area is 142 Å². The van der Waals surface area contributed by atoms with Crippen LogP contribution in [0.4, 0.5) is 0 Å². The number of nitrogens with zero attached hydrogens (tertiary/aromatic N) is 2. The number of hydrogen-bond acceptors (Lipinski definition) is 4. The van der Waals surface area contributed by atoms with Crippen LogP contribution in [0.15, 0.2) is 17.5 Å². The lowest BCUT2D eigenvalue weighted by Crippen LogP contribution is -2.59. The molecule has 1 aromatic rings. The second-order valence-corrected chi connectivity index (χ2v) is 7.39. The Morgan fingerprint density at radius 3 is 2.65 bits per heavy atom. The van der Waals surface area contributed by atoms with E-state index in [2.05, 4.69) is 24.1 Å². The van der Waals surface area contributed by atoms with Gasteiger partial charge in [0.25, 0.3) is 5.91 Å². The number of piperazine rings is 1. The van der Waals surface area contributed by atoms with Crippen LogP contribution in [0.25, 0.3) is 0 Å². The van der Waals surface area contributed by atoms with Crippen LogP contribution in [0.5, 0.6) is 0 Å². The van der Waals surface area contributed by atoms with Gasteiger partial charge in [0.05, 0.1) is 4.88 Å². The van der Waals surface area contributed by atoms with E-state index in [9.17, 15) is 9.59 Å². The van der Waals surface area contributed by atoms with Crippen LogP contribution in [-0.2, 0) is 4.79 Å². The summed E-state index contributed by atoms with van der Waals surface area (Å²) in [7, 11) is 0. The summed E-state index contributed by atoms with van der Waals surface area (Å²) in [5.74, 6) is -0.0668. The fourth-order valence-corrected chi connectivity index (χ4v) is 3.59. The largest absolute Gasteiger partial charge is 0.339 e. The average molecular weight is 337 g/mol. The molecule has 1 aliphatic heterocycles. The van der Waals surface area contributed by atoms with E-state index in [1.54, 1.807) is 6.07 Å². The van der Waals surface area contributed by atoms with Crippen molar-refractivity contribution in [2.24, 2.45) is 5.92 Å². The Bertz CT molecular complexity index is 530. The molecule has 0 aromatic carbocycles. The molecule has 2 amide bonds. The highest BCUT2D eigenvalue weighted by Gasteiger charge is 2.33.